The molecule has 78 valence electrons. The lowest BCUT2D eigenvalue weighted by Crippen LogP contribution is -2.39. The van der Waals surface area contributed by atoms with Crippen molar-refractivity contribution in [3.8, 4) is 5.75 Å². The van der Waals surface area contributed by atoms with Gasteiger partial charge in [0.2, 0.25) is 0 Å². The molecule has 0 bridgehead atoms. The number of fused-ring (bicyclic) bond motifs is 1. The van der Waals surface area contributed by atoms with Crippen molar-refractivity contribution in [1.82, 2.24) is 0 Å². The van der Waals surface area contributed by atoms with Crippen LogP contribution in [-0.4, -0.2) is 25.3 Å². The highest BCUT2D eigenvalue weighted by molar-refractivity contribution is 5.99. The molecule has 2 rings (SSSR count). The Balaban J connectivity index is 2.43. The lowest BCUT2D eigenvalue weighted by Gasteiger charge is -2.27. The van der Waals surface area contributed by atoms with Crippen LogP contribution in [0.5, 0.6) is 5.75 Å². The summed E-state index contributed by atoms with van der Waals surface area (Å²) < 4.78 is 17.9. The van der Waals surface area contributed by atoms with Gasteiger partial charge in [-0.3, -0.25) is 9.69 Å². The molecule has 0 spiro atoms. The van der Waals surface area contributed by atoms with E-state index in [1.165, 1.54) is 23.1 Å². The van der Waals surface area contributed by atoms with Crippen molar-refractivity contribution in [1.29, 1.82) is 0 Å². The second-order valence-corrected chi connectivity index (χ2v) is 3.07. The zero-order chi connectivity index (χ0) is 10.8. The first-order valence-corrected chi connectivity index (χ1v) is 4.38. The Morgan fingerprint density at radius 1 is 1.53 bits per heavy atom. The summed E-state index contributed by atoms with van der Waals surface area (Å²) in [6.07, 6.45) is 0.621. The first-order chi connectivity index (χ1) is 7.22. The van der Waals surface area contributed by atoms with Gasteiger partial charge in [0, 0.05) is 6.07 Å². The highest BCUT2D eigenvalue weighted by Crippen LogP contribution is 2.31. The van der Waals surface area contributed by atoms with Crippen LogP contribution in [0.2, 0.25) is 0 Å². The maximum absolute atomic E-state index is 12.9. The summed E-state index contributed by atoms with van der Waals surface area (Å²) in [5, 5.41) is 0. The Kier molecular flexibility index (Phi) is 2.37. The standard InChI is InChI=1S/C10H8FNO3/c11-7-1-2-8-9(5-7)15-6-10(14)12(8)3-4-13/h1-2,4-5H,3,6H2. The molecule has 5 heteroatoms. The van der Waals surface area contributed by atoms with Gasteiger partial charge >= 0.3 is 0 Å². The molecular formula is C10H8FNO3. The van der Waals surface area contributed by atoms with E-state index in [1.54, 1.807) is 0 Å². The fourth-order valence-electron chi connectivity index (χ4n) is 1.45. The summed E-state index contributed by atoms with van der Waals surface area (Å²) in [7, 11) is 0. The molecule has 0 radical (unpaired) electrons. The van der Waals surface area contributed by atoms with Gasteiger partial charge < -0.3 is 9.53 Å². The zero-order valence-corrected chi connectivity index (χ0v) is 7.77. The van der Waals surface area contributed by atoms with Gasteiger partial charge in [-0.2, -0.15) is 0 Å². The third-order valence-corrected chi connectivity index (χ3v) is 2.12. The number of rotatable bonds is 2. The molecular weight excluding hydrogens is 201 g/mol. The van der Waals surface area contributed by atoms with Gasteiger partial charge in [0.1, 0.15) is 17.9 Å². The van der Waals surface area contributed by atoms with Crippen LogP contribution >= 0.6 is 0 Å². The summed E-state index contributed by atoms with van der Waals surface area (Å²) in [4.78, 5) is 23.0. The van der Waals surface area contributed by atoms with E-state index in [2.05, 4.69) is 0 Å². The molecule has 0 atom stereocenters. The fourth-order valence-corrected chi connectivity index (χ4v) is 1.45. The first-order valence-electron chi connectivity index (χ1n) is 4.38. The van der Waals surface area contributed by atoms with E-state index in [0.29, 0.717) is 12.0 Å². The van der Waals surface area contributed by atoms with Crippen LogP contribution in [0, 0.1) is 5.82 Å². The number of amides is 1. The summed E-state index contributed by atoms with van der Waals surface area (Å²) >= 11 is 0. The predicted octanol–water partition coefficient (Wildman–Crippen LogP) is 0.750. The number of carbonyl (C=O) groups is 2. The van der Waals surface area contributed by atoms with Crippen LogP contribution in [0.1, 0.15) is 0 Å². The number of hydrogen-bond donors (Lipinski definition) is 0. The molecule has 0 saturated heterocycles. The van der Waals surface area contributed by atoms with E-state index >= 15 is 0 Å². The SMILES string of the molecule is O=CCN1C(=O)COc2cc(F)ccc21. The van der Waals surface area contributed by atoms with Crippen LogP contribution in [0.15, 0.2) is 18.2 Å². The molecule has 1 amide bonds. The minimum atomic E-state index is -0.436. The smallest absolute Gasteiger partial charge is 0.265 e. The maximum Gasteiger partial charge on any atom is 0.265 e. The summed E-state index contributed by atoms with van der Waals surface area (Å²) in [6, 6.07) is 3.84. The van der Waals surface area contributed by atoms with E-state index in [9.17, 15) is 14.0 Å². The van der Waals surface area contributed by atoms with Gasteiger partial charge in [-0.1, -0.05) is 0 Å². The number of carbonyl (C=O) groups excluding carboxylic acids is 2. The van der Waals surface area contributed by atoms with Gasteiger partial charge in [0.15, 0.2) is 6.61 Å². The van der Waals surface area contributed by atoms with Crippen LogP contribution < -0.4 is 9.64 Å². The predicted molar refractivity (Wildman–Crippen MR) is 50.3 cm³/mol. The zero-order valence-electron chi connectivity index (χ0n) is 7.77. The van der Waals surface area contributed by atoms with Crippen molar-refractivity contribution >= 4 is 17.9 Å². The Morgan fingerprint density at radius 2 is 2.33 bits per heavy atom. The van der Waals surface area contributed by atoms with Gasteiger partial charge in [0.25, 0.3) is 5.91 Å². The van der Waals surface area contributed by atoms with Crippen LogP contribution in [0.4, 0.5) is 10.1 Å². The largest absolute Gasteiger partial charge is 0.481 e. The minimum Gasteiger partial charge on any atom is -0.481 e. The van der Waals surface area contributed by atoms with Gasteiger partial charge in [-0.25, -0.2) is 4.39 Å². The second-order valence-electron chi connectivity index (χ2n) is 3.07. The molecule has 0 N–H and O–H groups in total. The molecule has 0 aliphatic carbocycles. The van der Waals surface area contributed by atoms with E-state index in [4.69, 9.17) is 4.74 Å². The van der Waals surface area contributed by atoms with E-state index < -0.39 is 5.82 Å². The van der Waals surface area contributed by atoms with E-state index in [1.807, 2.05) is 0 Å². The molecule has 1 aliphatic heterocycles. The quantitative estimate of drug-likeness (QED) is 0.675. The molecule has 1 aromatic rings. The summed E-state index contributed by atoms with van der Waals surface area (Å²) in [6.45, 7) is -0.203. The first kappa shape index (κ1) is 9.64. The van der Waals surface area contributed by atoms with Crippen molar-refractivity contribution in [2.75, 3.05) is 18.1 Å². The Bertz CT molecular complexity index is 419. The Labute approximate surface area is 85.2 Å². The van der Waals surface area contributed by atoms with Crippen molar-refractivity contribution in [3.05, 3.63) is 24.0 Å². The third kappa shape index (κ3) is 1.68. The number of hydrogen-bond acceptors (Lipinski definition) is 3. The van der Waals surface area contributed by atoms with Crippen molar-refractivity contribution < 1.29 is 18.7 Å². The average Bonchev–Trinajstić information content (AvgIpc) is 2.22. The van der Waals surface area contributed by atoms with Gasteiger partial charge in [-0.05, 0) is 12.1 Å². The van der Waals surface area contributed by atoms with Crippen LogP contribution in [0.3, 0.4) is 0 Å². The number of halogens is 1. The van der Waals surface area contributed by atoms with Crippen molar-refractivity contribution in [2.45, 2.75) is 0 Å². The maximum atomic E-state index is 12.9. The number of aldehydes is 1. The molecule has 0 saturated carbocycles. The Morgan fingerprint density at radius 3 is 3.07 bits per heavy atom. The number of nitrogens with zero attached hydrogens (tertiary/aromatic N) is 1. The molecule has 1 aromatic carbocycles. The van der Waals surface area contributed by atoms with Gasteiger partial charge in [-0.15, -0.1) is 0 Å². The molecule has 0 fully saturated rings. The highest BCUT2D eigenvalue weighted by Gasteiger charge is 2.25. The summed E-state index contributed by atoms with van der Waals surface area (Å²) in [5.41, 5.74) is 0.430. The normalized spacial score (nSPS) is 14.5. The van der Waals surface area contributed by atoms with Crippen LogP contribution in [0.25, 0.3) is 0 Å². The molecule has 0 unspecified atom stereocenters. The van der Waals surface area contributed by atoms with Gasteiger partial charge in [0.05, 0.1) is 12.2 Å². The van der Waals surface area contributed by atoms with E-state index in [0.717, 1.165) is 0 Å². The van der Waals surface area contributed by atoms with Crippen molar-refractivity contribution in [3.63, 3.8) is 0 Å². The average molecular weight is 209 g/mol. The lowest BCUT2D eigenvalue weighted by atomic mass is 10.2. The Hall–Kier alpha value is -1.91. The topological polar surface area (TPSA) is 46.6 Å². The van der Waals surface area contributed by atoms with Crippen LogP contribution in [-0.2, 0) is 9.59 Å². The van der Waals surface area contributed by atoms with Crippen molar-refractivity contribution in [2.24, 2.45) is 0 Å². The highest BCUT2D eigenvalue weighted by atomic mass is 19.1. The fraction of sp³-hybridized carbons (Fsp3) is 0.200. The van der Waals surface area contributed by atoms with E-state index in [-0.39, 0.29) is 24.8 Å². The molecule has 1 aliphatic rings. The monoisotopic (exact) mass is 209 g/mol. The number of benzene rings is 1. The molecule has 1 heterocycles. The number of anilines is 1. The summed E-state index contributed by atoms with van der Waals surface area (Å²) in [5.74, 6) is -0.452. The molecule has 4 nitrogen and oxygen atoms in total. The molecule has 0 aromatic heterocycles. The molecule has 15 heavy (non-hydrogen) atoms. The third-order valence-electron chi connectivity index (χ3n) is 2.12. The number of ether oxygens (including phenoxy) is 1. The minimum absolute atomic E-state index is 0.0408. The second kappa shape index (κ2) is 3.68. The lowest BCUT2D eigenvalue weighted by molar-refractivity contribution is -0.122.